The third kappa shape index (κ3) is 2.59. The van der Waals surface area contributed by atoms with Crippen LogP contribution < -0.4 is 0 Å². The highest BCUT2D eigenvalue weighted by Gasteiger charge is 2.27. The van der Waals surface area contributed by atoms with E-state index in [-0.39, 0.29) is 11.1 Å². The summed E-state index contributed by atoms with van der Waals surface area (Å²) in [6.07, 6.45) is 0. The molecule has 0 unspecified atom stereocenters. The molecule has 2 aromatic rings. The summed E-state index contributed by atoms with van der Waals surface area (Å²) in [5.41, 5.74) is -1.59. The van der Waals surface area contributed by atoms with Crippen molar-refractivity contribution in [3.8, 4) is 5.75 Å². The Morgan fingerprint density at radius 1 is 0.762 bits per heavy atom. The Hall–Kier alpha value is -3.15. The Labute approximate surface area is 118 Å². The highest BCUT2D eigenvalue weighted by molar-refractivity contribution is 6.17. The number of hydrogen-bond donors (Lipinski definition) is 3. The van der Waals surface area contributed by atoms with Crippen molar-refractivity contribution in [3.63, 3.8) is 0 Å². The van der Waals surface area contributed by atoms with Gasteiger partial charge in [0.05, 0.1) is 5.56 Å². The summed E-state index contributed by atoms with van der Waals surface area (Å²) >= 11 is 0. The summed E-state index contributed by atoms with van der Waals surface area (Å²) in [5, 5.41) is 27.8. The van der Waals surface area contributed by atoms with Crippen LogP contribution in [-0.4, -0.2) is 33.0 Å². The maximum absolute atomic E-state index is 12.3. The smallest absolute Gasteiger partial charge is 0.340 e. The van der Waals surface area contributed by atoms with Crippen LogP contribution in [0.4, 0.5) is 0 Å². The number of benzene rings is 2. The monoisotopic (exact) mass is 286 g/mol. The molecule has 21 heavy (non-hydrogen) atoms. The van der Waals surface area contributed by atoms with Crippen molar-refractivity contribution in [2.75, 3.05) is 0 Å². The van der Waals surface area contributed by atoms with Gasteiger partial charge in [0, 0.05) is 11.1 Å². The molecule has 0 bridgehead atoms. The average molecular weight is 286 g/mol. The molecule has 2 rings (SSSR count). The molecule has 0 spiro atoms. The summed E-state index contributed by atoms with van der Waals surface area (Å²) < 4.78 is 0. The van der Waals surface area contributed by atoms with E-state index in [0.717, 1.165) is 12.1 Å². The summed E-state index contributed by atoms with van der Waals surface area (Å²) in [6.45, 7) is 0. The molecule has 0 atom stereocenters. The quantitative estimate of drug-likeness (QED) is 0.741. The Morgan fingerprint density at radius 2 is 1.33 bits per heavy atom. The van der Waals surface area contributed by atoms with Gasteiger partial charge in [0.1, 0.15) is 11.3 Å². The lowest BCUT2D eigenvalue weighted by Gasteiger charge is -2.10. The predicted molar refractivity (Wildman–Crippen MR) is 71.9 cm³/mol. The van der Waals surface area contributed by atoms with Crippen molar-refractivity contribution in [2.24, 2.45) is 0 Å². The third-order valence-corrected chi connectivity index (χ3v) is 2.89. The lowest BCUT2D eigenvalue weighted by Crippen LogP contribution is -2.15. The molecule has 0 aliphatic rings. The van der Waals surface area contributed by atoms with Gasteiger partial charge in [-0.1, -0.05) is 30.3 Å². The van der Waals surface area contributed by atoms with Gasteiger partial charge >= 0.3 is 11.9 Å². The number of rotatable bonds is 4. The average Bonchev–Trinajstić information content (AvgIpc) is 2.46. The topological polar surface area (TPSA) is 112 Å². The highest BCUT2D eigenvalue weighted by Crippen LogP contribution is 2.26. The number of phenols is 1. The van der Waals surface area contributed by atoms with Gasteiger partial charge in [-0.25, -0.2) is 9.59 Å². The van der Waals surface area contributed by atoms with Gasteiger partial charge in [-0.3, -0.25) is 4.79 Å². The van der Waals surface area contributed by atoms with Crippen LogP contribution in [0.25, 0.3) is 0 Å². The zero-order valence-electron chi connectivity index (χ0n) is 10.6. The molecule has 0 aliphatic carbocycles. The first kappa shape index (κ1) is 14.3. The molecule has 0 aliphatic heterocycles. The molecule has 2 aromatic carbocycles. The number of carboxylic acids is 2. The van der Waals surface area contributed by atoms with Gasteiger partial charge in [0.25, 0.3) is 0 Å². The first-order chi connectivity index (χ1) is 9.93. The number of carbonyl (C=O) groups is 3. The normalized spacial score (nSPS) is 10.1. The summed E-state index contributed by atoms with van der Waals surface area (Å²) in [5.74, 6) is -4.55. The predicted octanol–water partition coefficient (Wildman–Crippen LogP) is 2.02. The minimum absolute atomic E-state index is 0.224. The first-order valence-electron chi connectivity index (χ1n) is 5.85. The third-order valence-electron chi connectivity index (χ3n) is 2.89. The van der Waals surface area contributed by atoms with Crippen LogP contribution in [0.1, 0.15) is 36.6 Å². The Bertz CT molecular complexity index is 733. The molecule has 0 saturated heterocycles. The SMILES string of the molecule is O=C(c1ccccc1)c1ccc(O)c(C(=O)O)c1C(=O)O. The molecular formula is C15H10O6. The van der Waals surface area contributed by atoms with E-state index in [4.69, 9.17) is 5.11 Å². The zero-order valence-corrected chi connectivity index (χ0v) is 10.6. The van der Waals surface area contributed by atoms with Gasteiger partial charge in [-0.15, -0.1) is 0 Å². The van der Waals surface area contributed by atoms with Crippen molar-refractivity contribution < 1.29 is 29.7 Å². The second kappa shape index (κ2) is 5.46. The molecule has 0 aromatic heterocycles. The van der Waals surface area contributed by atoms with Gasteiger partial charge in [0.2, 0.25) is 0 Å². The molecular weight excluding hydrogens is 276 g/mol. The van der Waals surface area contributed by atoms with Crippen LogP contribution in [0.3, 0.4) is 0 Å². The van der Waals surface area contributed by atoms with Crippen molar-refractivity contribution in [1.82, 2.24) is 0 Å². The maximum atomic E-state index is 12.3. The van der Waals surface area contributed by atoms with Gasteiger partial charge in [0.15, 0.2) is 5.78 Å². The van der Waals surface area contributed by atoms with E-state index in [2.05, 4.69) is 0 Å². The number of hydrogen-bond acceptors (Lipinski definition) is 4. The van der Waals surface area contributed by atoms with Crippen LogP contribution >= 0.6 is 0 Å². The highest BCUT2D eigenvalue weighted by atomic mass is 16.4. The summed E-state index contributed by atoms with van der Waals surface area (Å²) in [7, 11) is 0. The van der Waals surface area contributed by atoms with E-state index in [1.165, 1.54) is 12.1 Å². The van der Waals surface area contributed by atoms with Crippen LogP contribution in [0, 0.1) is 0 Å². The van der Waals surface area contributed by atoms with Crippen molar-refractivity contribution >= 4 is 17.7 Å². The number of ketones is 1. The summed E-state index contributed by atoms with van der Waals surface area (Å²) in [4.78, 5) is 34.8. The van der Waals surface area contributed by atoms with Crippen molar-refractivity contribution in [1.29, 1.82) is 0 Å². The molecule has 3 N–H and O–H groups in total. The fourth-order valence-electron chi connectivity index (χ4n) is 1.96. The number of carbonyl (C=O) groups excluding carboxylic acids is 1. The van der Waals surface area contributed by atoms with E-state index in [1.807, 2.05) is 0 Å². The Kier molecular flexibility index (Phi) is 3.71. The van der Waals surface area contributed by atoms with Gasteiger partial charge < -0.3 is 15.3 Å². The van der Waals surface area contributed by atoms with Crippen LogP contribution in [0.5, 0.6) is 5.75 Å². The lowest BCUT2D eigenvalue weighted by molar-refractivity contribution is 0.0646. The number of aromatic carboxylic acids is 2. The lowest BCUT2D eigenvalue weighted by atomic mass is 9.94. The van der Waals surface area contributed by atoms with Crippen molar-refractivity contribution in [2.45, 2.75) is 0 Å². The largest absolute Gasteiger partial charge is 0.507 e. The van der Waals surface area contributed by atoms with Crippen LogP contribution in [0.15, 0.2) is 42.5 Å². The molecule has 106 valence electrons. The Balaban J connectivity index is 2.70. The van der Waals surface area contributed by atoms with E-state index in [1.54, 1.807) is 18.2 Å². The summed E-state index contributed by atoms with van der Waals surface area (Å²) in [6, 6.07) is 9.96. The second-order valence-electron chi connectivity index (χ2n) is 4.19. The van der Waals surface area contributed by atoms with E-state index in [0.29, 0.717) is 0 Å². The molecule has 0 heterocycles. The molecule has 6 nitrogen and oxygen atoms in total. The first-order valence-corrected chi connectivity index (χ1v) is 5.85. The minimum atomic E-state index is -1.62. The van der Waals surface area contributed by atoms with E-state index < -0.39 is 34.6 Å². The van der Waals surface area contributed by atoms with Crippen LogP contribution in [0.2, 0.25) is 0 Å². The molecule has 6 heteroatoms. The fraction of sp³-hybridized carbons (Fsp3) is 0. The van der Waals surface area contributed by atoms with E-state index in [9.17, 15) is 24.6 Å². The van der Waals surface area contributed by atoms with E-state index >= 15 is 0 Å². The molecule has 0 amide bonds. The second-order valence-corrected chi connectivity index (χ2v) is 4.19. The van der Waals surface area contributed by atoms with Gasteiger partial charge in [-0.2, -0.15) is 0 Å². The maximum Gasteiger partial charge on any atom is 0.340 e. The Morgan fingerprint density at radius 3 is 1.86 bits per heavy atom. The molecule has 0 fully saturated rings. The molecule has 0 saturated carbocycles. The standard InChI is InChI=1S/C15H10O6/c16-10-7-6-9(11(14(18)19)12(10)15(20)21)13(17)8-4-2-1-3-5-8/h1-7,16H,(H,18,19)(H,20,21). The van der Waals surface area contributed by atoms with Crippen molar-refractivity contribution in [3.05, 3.63) is 64.7 Å². The number of aromatic hydroxyl groups is 1. The fourth-order valence-corrected chi connectivity index (χ4v) is 1.96. The van der Waals surface area contributed by atoms with Gasteiger partial charge in [-0.05, 0) is 12.1 Å². The zero-order chi connectivity index (χ0) is 15.6. The minimum Gasteiger partial charge on any atom is -0.507 e. The van der Waals surface area contributed by atoms with Crippen LogP contribution in [-0.2, 0) is 0 Å². The molecule has 0 radical (unpaired) electrons. The number of carboxylic acid groups (broad SMARTS) is 2.